The van der Waals surface area contributed by atoms with Crippen LogP contribution in [0.2, 0.25) is 0 Å². The van der Waals surface area contributed by atoms with Crippen molar-refractivity contribution < 1.29 is 9.90 Å². The number of benzene rings is 1. The lowest BCUT2D eigenvalue weighted by Crippen LogP contribution is -2.18. The Balaban J connectivity index is 2.12. The van der Waals surface area contributed by atoms with Gasteiger partial charge in [-0.2, -0.15) is 0 Å². The van der Waals surface area contributed by atoms with Gasteiger partial charge in [-0.15, -0.1) is 0 Å². The van der Waals surface area contributed by atoms with Crippen molar-refractivity contribution >= 4 is 11.5 Å². The van der Waals surface area contributed by atoms with E-state index in [0.29, 0.717) is 0 Å². The van der Waals surface area contributed by atoms with Crippen LogP contribution in [-0.4, -0.2) is 11.1 Å². The number of carbonyl (C=O) groups is 1. The molecule has 3 rings (SSSR count). The fourth-order valence-corrected chi connectivity index (χ4v) is 3.02. The fraction of sp³-hybridized carbons (Fsp3) is 0.357. The predicted octanol–water partition coefficient (Wildman–Crippen LogP) is 2.88. The van der Waals surface area contributed by atoms with E-state index in [1.54, 1.807) is 0 Å². The summed E-state index contributed by atoms with van der Waals surface area (Å²) in [5.41, 5.74) is 4.97. The van der Waals surface area contributed by atoms with Crippen LogP contribution in [0.3, 0.4) is 0 Å². The van der Waals surface area contributed by atoms with Crippen molar-refractivity contribution in [2.45, 2.75) is 25.7 Å². The van der Waals surface area contributed by atoms with Crippen LogP contribution < -0.4 is 0 Å². The Morgan fingerprint density at radius 3 is 2.94 bits per heavy atom. The van der Waals surface area contributed by atoms with Crippen LogP contribution in [0.4, 0.5) is 0 Å². The molecule has 0 radical (unpaired) electrons. The van der Waals surface area contributed by atoms with E-state index in [2.05, 4.69) is 12.1 Å². The van der Waals surface area contributed by atoms with Gasteiger partial charge in [-0.25, -0.2) is 0 Å². The van der Waals surface area contributed by atoms with Crippen LogP contribution in [0.1, 0.15) is 30.4 Å². The minimum absolute atomic E-state index is 0.271. The third kappa shape index (κ3) is 1.29. The normalized spacial score (nSPS) is 22.9. The minimum atomic E-state index is -0.663. The highest BCUT2D eigenvalue weighted by Gasteiger charge is 2.33. The molecule has 1 unspecified atom stereocenters. The van der Waals surface area contributed by atoms with Gasteiger partial charge in [-0.1, -0.05) is 29.8 Å². The molecule has 1 N–H and O–H groups in total. The van der Waals surface area contributed by atoms with Crippen molar-refractivity contribution in [3.63, 3.8) is 0 Å². The molecule has 2 heteroatoms. The van der Waals surface area contributed by atoms with Gasteiger partial charge in [-0.3, -0.25) is 4.79 Å². The molecule has 16 heavy (non-hydrogen) atoms. The monoisotopic (exact) mass is 214 g/mol. The average molecular weight is 214 g/mol. The van der Waals surface area contributed by atoms with Gasteiger partial charge in [-0.05, 0) is 42.4 Å². The van der Waals surface area contributed by atoms with Gasteiger partial charge in [0.25, 0.3) is 0 Å². The Morgan fingerprint density at radius 2 is 2.12 bits per heavy atom. The van der Waals surface area contributed by atoms with E-state index in [0.717, 1.165) is 31.3 Å². The van der Waals surface area contributed by atoms with Gasteiger partial charge >= 0.3 is 5.97 Å². The molecule has 2 nitrogen and oxygen atoms in total. The number of aliphatic carboxylic acids is 1. The zero-order valence-corrected chi connectivity index (χ0v) is 9.07. The maximum absolute atomic E-state index is 11.3. The zero-order chi connectivity index (χ0) is 11.1. The molecule has 0 aliphatic heterocycles. The summed E-state index contributed by atoms with van der Waals surface area (Å²) in [6.07, 6.45) is 3.86. The second-order valence-corrected chi connectivity index (χ2v) is 4.63. The van der Waals surface area contributed by atoms with Crippen LogP contribution in [-0.2, 0) is 11.2 Å². The van der Waals surface area contributed by atoms with Crippen molar-refractivity contribution in [1.82, 2.24) is 0 Å². The molecule has 0 heterocycles. The van der Waals surface area contributed by atoms with Crippen LogP contribution in [0.15, 0.2) is 29.8 Å². The summed E-state index contributed by atoms with van der Waals surface area (Å²) < 4.78 is 0. The maximum Gasteiger partial charge on any atom is 0.310 e. The average Bonchev–Trinajstić information content (AvgIpc) is 2.66. The standard InChI is InChI=1S/C14H14O2/c15-14(16)12-7-3-5-10-8-9-4-1-2-6-11(9)13(10)12/h1-2,4,6,12H,3,5,7-8H2,(H,15,16). The molecule has 1 aromatic carbocycles. The molecule has 82 valence electrons. The molecular formula is C14H14O2. The van der Waals surface area contributed by atoms with Gasteiger partial charge in [0, 0.05) is 0 Å². The Morgan fingerprint density at radius 1 is 1.31 bits per heavy atom. The Bertz CT molecular complexity index is 485. The number of hydrogen-bond acceptors (Lipinski definition) is 1. The van der Waals surface area contributed by atoms with Crippen LogP contribution >= 0.6 is 0 Å². The Hall–Kier alpha value is -1.57. The molecule has 0 saturated carbocycles. The molecule has 0 aromatic heterocycles. The third-order valence-corrected chi connectivity index (χ3v) is 3.71. The lowest BCUT2D eigenvalue weighted by molar-refractivity contribution is -0.140. The predicted molar refractivity (Wildman–Crippen MR) is 62.0 cm³/mol. The Labute approximate surface area is 94.6 Å². The van der Waals surface area contributed by atoms with Crippen molar-refractivity contribution in [3.05, 3.63) is 41.0 Å². The second-order valence-electron chi connectivity index (χ2n) is 4.63. The quantitative estimate of drug-likeness (QED) is 0.780. The summed E-state index contributed by atoms with van der Waals surface area (Å²) in [7, 11) is 0. The molecule has 1 aromatic rings. The number of rotatable bonds is 1. The van der Waals surface area contributed by atoms with Gasteiger partial charge in [0.15, 0.2) is 0 Å². The number of carboxylic acid groups (broad SMARTS) is 1. The summed E-state index contributed by atoms with van der Waals surface area (Å²) in [5, 5.41) is 9.28. The number of fused-ring (bicyclic) bond motifs is 2. The molecular weight excluding hydrogens is 200 g/mol. The van der Waals surface area contributed by atoms with E-state index < -0.39 is 5.97 Å². The largest absolute Gasteiger partial charge is 0.481 e. The number of carboxylic acids is 1. The molecule has 2 aliphatic carbocycles. The van der Waals surface area contributed by atoms with Crippen LogP contribution in [0.5, 0.6) is 0 Å². The van der Waals surface area contributed by atoms with E-state index in [1.165, 1.54) is 16.7 Å². The lowest BCUT2D eigenvalue weighted by Gasteiger charge is -2.21. The molecule has 0 fully saturated rings. The third-order valence-electron chi connectivity index (χ3n) is 3.71. The summed E-state index contributed by atoms with van der Waals surface area (Å²) in [6, 6.07) is 8.22. The Kier molecular flexibility index (Phi) is 2.10. The van der Waals surface area contributed by atoms with Gasteiger partial charge in [0.2, 0.25) is 0 Å². The molecule has 2 aliphatic rings. The van der Waals surface area contributed by atoms with Crippen LogP contribution in [0, 0.1) is 5.92 Å². The molecule has 0 spiro atoms. The first-order chi connectivity index (χ1) is 7.77. The molecule has 0 amide bonds. The zero-order valence-electron chi connectivity index (χ0n) is 9.07. The lowest BCUT2D eigenvalue weighted by atomic mass is 9.82. The van der Waals surface area contributed by atoms with Crippen molar-refractivity contribution in [1.29, 1.82) is 0 Å². The minimum Gasteiger partial charge on any atom is -0.481 e. The van der Waals surface area contributed by atoms with Gasteiger partial charge in [0.1, 0.15) is 0 Å². The highest BCUT2D eigenvalue weighted by molar-refractivity contribution is 5.92. The van der Waals surface area contributed by atoms with Gasteiger partial charge < -0.3 is 5.11 Å². The summed E-state index contributed by atoms with van der Waals surface area (Å²) in [6.45, 7) is 0. The van der Waals surface area contributed by atoms with E-state index in [4.69, 9.17) is 0 Å². The van der Waals surface area contributed by atoms with Crippen molar-refractivity contribution in [2.75, 3.05) is 0 Å². The summed E-state index contributed by atoms with van der Waals surface area (Å²) in [5.74, 6) is -0.934. The van der Waals surface area contributed by atoms with E-state index in [-0.39, 0.29) is 5.92 Å². The topological polar surface area (TPSA) is 37.3 Å². The fourth-order valence-electron chi connectivity index (χ4n) is 3.02. The maximum atomic E-state index is 11.3. The highest BCUT2D eigenvalue weighted by Crippen LogP contribution is 2.44. The van der Waals surface area contributed by atoms with E-state index in [1.807, 2.05) is 12.1 Å². The van der Waals surface area contributed by atoms with E-state index in [9.17, 15) is 9.90 Å². The van der Waals surface area contributed by atoms with Crippen molar-refractivity contribution in [2.24, 2.45) is 5.92 Å². The van der Waals surface area contributed by atoms with Crippen LogP contribution in [0.25, 0.3) is 5.57 Å². The first kappa shape index (κ1) is 9.64. The molecule has 0 bridgehead atoms. The summed E-state index contributed by atoms with van der Waals surface area (Å²) >= 11 is 0. The van der Waals surface area contributed by atoms with E-state index >= 15 is 0 Å². The number of allylic oxidation sites excluding steroid dienone is 1. The molecule has 1 atom stereocenters. The number of hydrogen-bond donors (Lipinski definition) is 1. The van der Waals surface area contributed by atoms with Gasteiger partial charge in [0.05, 0.1) is 5.92 Å². The SMILES string of the molecule is O=C(O)C1CCCC2=C1c1ccccc1C2. The smallest absolute Gasteiger partial charge is 0.310 e. The van der Waals surface area contributed by atoms with Crippen molar-refractivity contribution in [3.8, 4) is 0 Å². The first-order valence-electron chi connectivity index (χ1n) is 5.80. The molecule has 0 saturated heterocycles. The summed E-state index contributed by atoms with van der Waals surface area (Å²) in [4.78, 5) is 11.3. The highest BCUT2D eigenvalue weighted by atomic mass is 16.4. The second kappa shape index (κ2) is 3.48. The first-order valence-corrected chi connectivity index (χ1v) is 5.80.